The van der Waals surface area contributed by atoms with Crippen molar-refractivity contribution in [3.8, 4) is 11.5 Å². The highest BCUT2D eigenvalue weighted by atomic mass is 16.5. The molecular formula is C22H26O4. The maximum Gasteiger partial charge on any atom is 0.119 e. The molecule has 0 fully saturated rings. The van der Waals surface area contributed by atoms with Crippen LogP contribution in [-0.4, -0.2) is 37.6 Å². The van der Waals surface area contributed by atoms with Gasteiger partial charge in [-0.2, -0.15) is 0 Å². The van der Waals surface area contributed by atoms with Crippen molar-refractivity contribution in [3.63, 3.8) is 0 Å². The third-order valence-corrected chi connectivity index (χ3v) is 4.15. The van der Waals surface area contributed by atoms with Crippen LogP contribution in [0.2, 0.25) is 0 Å². The highest BCUT2D eigenvalue weighted by Crippen LogP contribution is 2.22. The molecule has 0 aliphatic heterocycles. The number of aliphatic hydroxyl groups excluding tert-OH is 2. The molecule has 0 atom stereocenters. The van der Waals surface area contributed by atoms with Gasteiger partial charge in [0, 0.05) is 0 Å². The number of benzene rings is 2. The van der Waals surface area contributed by atoms with Crippen LogP contribution in [0.25, 0.3) is 0 Å². The molecule has 0 aliphatic rings. The van der Waals surface area contributed by atoms with Gasteiger partial charge in [0.15, 0.2) is 0 Å². The summed E-state index contributed by atoms with van der Waals surface area (Å²) in [6, 6.07) is 15.7. The molecule has 2 aromatic carbocycles. The summed E-state index contributed by atoms with van der Waals surface area (Å²) >= 11 is 0. The average molecular weight is 354 g/mol. The number of aliphatic hydroxyl groups is 2. The molecule has 0 saturated heterocycles. The molecule has 0 aromatic heterocycles. The number of hydrogen-bond donors (Lipinski definition) is 2. The number of allylic oxidation sites excluding steroid dienone is 2. The first-order chi connectivity index (χ1) is 12.7. The quantitative estimate of drug-likeness (QED) is 0.678. The van der Waals surface area contributed by atoms with Gasteiger partial charge in [0.2, 0.25) is 0 Å². The third-order valence-electron chi connectivity index (χ3n) is 4.15. The SMILES string of the molecule is COc1cccc(CC(/C=C/CO)=C(\CO)Cc2cccc(OC)c2)c1. The molecule has 0 amide bonds. The Kier molecular flexibility index (Phi) is 7.93. The van der Waals surface area contributed by atoms with Gasteiger partial charge < -0.3 is 19.7 Å². The van der Waals surface area contributed by atoms with E-state index in [2.05, 4.69) is 0 Å². The second-order valence-electron chi connectivity index (χ2n) is 5.93. The van der Waals surface area contributed by atoms with Crippen molar-refractivity contribution < 1.29 is 19.7 Å². The lowest BCUT2D eigenvalue weighted by molar-refractivity contribution is 0.327. The highest BCUT2D eigenvalue weighted by molar-refractivity contribution is 5.39. The molecule has 0 unspecified atom stereocenters. The Balaban J connectivity index is 2.33. The molecule has 2 aromatic rings. The van der Waals surface area contributed by atoms with Crippen LogP contribution in [0.1, 0.15) is 11.1 Å². The first-order valence-electron chi connectivity index (χ1n) is 8.55. The Morgan fingerprint density at radius 1 is 0.885 bits per heavy atom. The van der Waals surface area contributed by atoms with E-state index < -0.39 is 0 Å². The molecule has 0 spiro atoms. The Labute approximate surface area is 155 Å². The topological polar surface area (TPSA) is 58.9 Å². The standard InChI is InChI=1S/C22H26O4/c1-25-21-9-3-6-17(14-21)12-19(8-5-11-23)20(16-24)13-18-7-4-10-22(15-18)26-2/h3-10,14-15,23-24H,11-13,16H2,1-2H3/b8-5+,20-19-. The first kappa shape index (κ1) is 19.8. The summed E-state index contributed by atoms with van der Waals surface area (Å²) in [5.74, 6) is 1.59. The van der Waals surface area contributed by atoms with Gasteiger partial charge in [0.1, 0.15) is 11.5 Å². The van der Waals surface area contributed by atoms with Gasteiger partial charge in [-0.05, 0) is 59.4 Å². The number of ether oxygens (including phenoxy) is 2. The van der Waals surface area contributed by atoms with E-state index in [0.29, 0.717) is 12.8 Å². The molecule has 0 aliphatic carbocycles. The molecule has 138 valence electrons. The van der Waals surface area contributed by atoms with Gasteiger partial charge in [0.05, 0.1) is 27.4 Å². The predicted molar refractivity (Wildman–Crippen MR) is 104 cm³/mol. The van der Waals surface area contributed by atoms with Crippen molar-refractivity contribution in [3.05, 3.63) is 83.0 Å². The van der Waals surface area contributed by atoms with E-state index >= 15 is 0 Å². The summed E-state index contributed by atoms with van der Waals surface area (Å²) in [4.78, 5) is 0. The first-order valence-corrected chi connectivity index (χ1v) is 8.55. The van der Waals surface area contributed by atoms with E-state index in [4.69, 9.17) is 14.6 Å². The molecular weight excluding hydrogens is 328 g/mol. The smallest absolute Gasteiger partial charge is 0.119 e. The number of hydrogen-bond acceptors (Lipinski definition) is 4. The van der Waals surface area contributed by atoms with E-state index in [-0.39, 0.29) is 13.2 Å². The molecule has 2 rings (SSSR count). The van der Waals surface area contributed by atoms with Crippen LogP contribution in [0, 0.1) is 0 Å². The fourth-order valence-electron chi connectivity index (χ4n) is 2.80. The van der Waals surface area contributed by atoms with E-state index in [1.807, 2.05) is 54.6 Å². The van der Waals surface area contributed by atoms with Gasteiger partial charge in [-0.1, -0.05) is 36.4 Å². The maximum absolute atomic E-state index is 9.95. The van der Waals surface area contributed by atoms with Crippen molar-refractivity contribution >= 4 is 0 Å². The van der Waals surface area contributed by atoms with E-state index in [9.17, 15) is 5.11 Å². The average Bonchev–Trinajstić information content (AvgIpc) is 2.69. The number of rotatable bonds is 9. The molecule has 26 heavy (non-hydrogen) atoms. The van der Waals surface area contributed by atoms with E-state index in [0.717, 1.165) is 33.8 Å². The molecule has 0 saturated carbocycles. The summed E-state index contributed by atoms with van der Waals surface area (Å²) in [5.41, 5.74) is 4.04. The van der Waals surface area contributed by atoms with Crippen LogP contribution in [0.4, 0.5) is 0 Å². The van der Waals surface area contributed by atoms with Crippen molar-refractivity contribution in [2.45, 2.75) is 12.8 Å². The second kappa shape index (κ2) is 10.4. The Bertz CT molecular complexity index is 762. The minimum atomic E-state index is -0.0493. The van der Waals surface area contributed by atoms with Crippen LogP contribution in [0.5, 0.6) is 11.5 Å². The van der Waals surface area contributed by atoms with Gasteiger partial charge in [0.25, 0.3) is 0 Å². The lowest BCUT2D eigenvalue weighted by atomic mass is 9.95. The lowest BCUT2D eigenvalue weighted by Gasteiger charge is -2.13. The molecule has 4 heteroatoms. The summed E-state index contributed by atoms with van der Waals surface area (Å²) in [6.07, 6.45) is 4.83. The Morgan fingerprint density at radius 3 is 1.96 bits per heavy atom. The summed E-state index contributed by atoms with van der Waals surface area (Å²) < 4.78 is 10.6. The molecule has 0 radical (unpaired) electrons. The number of methoxy groups -OCH3 is 2. The van der Waals surface area contributed by atoms with Crippen LogP contribution in [-0.2, 0) is 12.8 Å². The molecule has 2 N–H and O–H groups in total. The minimum Gasteiger partial charge on any atom is -0.497 e. The zero-order chi connectivity index (χ0) is 18.8. The van der Waals surface area contributed by atoms with Crippen molar-refractivity contribution in [2.24, 2.45) is 0 Å². The molecule has 0 heterocycles. The lowest BCUT2D eigenvalue weighted by Crippen LogP contribution is -2.03. The second-order valence-corrected chi connectivity index (χ2v) is 5.93. The van der Waals surface area contributed by atoms with Crippen LogP contribution < -0.4 is 9.47 Å². The minimum absolute atomic E-state index is 0.0422. The highest BCUT2D eigenvalue weighted by Gasteiger charge is 2.08. The Hall–Kier alpha value is -2.56. The van der Waals surface area contributed by atoms with Crippen molar-refractivity contribution in [1.29, 1.82) is 0 Å². The molecule has 4 nitrogen and oxygen atoms in total. The monoisotopic (exact) mass is 354 g/mol. The van der Waals surface area contributed by atoms with E-state index in [1.165, 1.54) is 0 Å². The van der Waals surface area contributed by atoms with Gasteiger partial charge in [-0.3, -0.25) is 0 Å². The van der Waals surface area contributed by atoms with Gasteiger partial charge in [-0.25, -0.2) is 0 Å². The van der Waals surface area contributed by atoms with Crippen LogP contribution in [0.3, 0.4) is 0 Å². The fourth-order valence-corrected chi connectivity index (χ4v) is 2.80. The summed E-state index contributed by atoms with van der Waals surface area (Å²) in [5, 5.41) is 19.1. The largest absolute Gasteiger partial charge is 0.497 e. The fraction of sp³-hybridized carbons (Fsp3) is 0.273. The zero-order valence-corrected chi connectivity index (χ0v) is 15.3. The molecule has 0 bridgehead atoms. The van der Waals surface area contributed by atoms with Crippen molar-refractivity contribution in [1.82, 2.24) is 0 Å². The van der Waals surface area contributed by atoms with Gasteiger partial charge in [-0.15, -0.1) is 0 Å². The van der Waals surface area contributed by atoms with E-state index in [1.54, 1.807) is 20.3 Å². The van der Waals surface area contributed by atoms with Gasteiger partial charge >= 0.3 is 0 Å². The third kappa shape index (κ3) is 5.76. The predicted octanol–water partition coefficient (Wildman–Crippen LogP) is 3.33. The van der Waals surface area contributed by atoms with Crippen molar-refractivity contribution in [2.75, 3.05) is 27.4 Å². The normalized spacial score (nSPS) is 12.2. The Morgan fingerprint density at radius 2 is 1.46 bits per heavy atom. The van der Waals surface area contributed by atoms with Crippen LogP contribution >= 0.6 is 0 Å². The zero-order valence-electron chi connectivity index (χ0n) is 15.3. The summed E-state index contributed by atoms with van der Waals surface area (Å²) in [7, 11) is 3.28. The van der Waals surface area contributed by atoms with Crippen LogP contribution in [0.15, 0.2) is 71.8 Å². The maximum atomic E-state index is 9.95. The summed E-state index contributed by atoms with van der Waals surface area (Å²) in [6.45, 7) is -0.0915.